The predicted molar refractivity (Wildman–Crippen MR) is 69.7 cm³/mol. The molecule has 0 radical (unpaired) electrons. The van der Waals surface area contributed by atoms with Crippen LogP contribution in [0.1, 0.15) is 12.0 Å². The van der Waals surface area contributed by atoms with Crippen molar-refractivity contribution in [1.82, 2.24) is 9.78 Å². The highest BCUT2D eigenvalue weighted by Gasteiger charge is 2.05. The van der Waals surface area contributed by atoms with Crippen LogP contribution in [0.5, 0.6) is 0 Å². The number of aromatic nitrogens is 2. The average molecular weight is 265 g/mol. The first-order valence-electron chi connectivity index (χ1n) is 5.57. The number of halogens is 1. The summed E-state index contributed by atoms with van der Waals surface area (Å²) in [6.45, 7) is 2.32. The highest BCUT2D eigenvalue weighted by molar-refractivity contribution is 6.31. The van der Waals surface area contributed by atoms with Gasteiger partial charge in [-0.3, -0.25) is 9.48 Å². The molecule has 94 valence electrons. The van der Waals surface area contributed by atoms with Gasteiger partial charge in [0.2, 0.25) is 0 Å². The van der Waals surface area contributed by atoms with Gasteiger partial charge in [-0.25, -0.2) is 0 Å². The highest BCUT2D eigenvalue weighted by atomic mass is 35.5. The van der Waals surface area contributed by atoms with Gasteiger partial charge < -0.3 is 5.11 Å². The van der Waals surface area contributed by atoms with Crippen molar-refractivity contribution in [2.75, 3.05) is 0 Å². The van der Waals surface area contributed by atoms with Gasteiger partial charge in [-0.1, -0.05) is 23.7 Å². The number of benzene rings is 1. The van der Waals surface area contributed by atoms with Gasteiger partial charge in [-0.2, -0.15) is 5.10 Å². The van der Waals surface area contributed by atoms with Crippen LogP contribution >= 0.6 is 11.6 Å². The van der Waals surface area contributed by atoms with Crippen LogP contribution in [-0.2, 0) is 11.3 Å². The SMILES string of the molecule is Cc1ccc(-c2cnn(CCC(=O)O)c2)cc1Cl. The maximum absolute atomic E-state index is 10.5. The van der Waals surface area contributed by atoms with E-state index in [2.05, 4.69) is 5.10 Å². The summed E-state index contributed by atoms with van der Waals surface area (Å²) in [6, 6.07) is 5.81. The molecule has 0 saturated carbocycles. The monoisotopic (exact) mass is 264 g/mol. The summed E-state index contributed by atoms with van der Waals surface area (Å²) in [5, 5.41) is 13.4. The van der Waals surface area contributed by atoms with Gasteiger partial charge >= 0.3 is 5.97 Å². The van der Waals surface area contributed by atoms with Crippen molar-refractivity contribution in [2.45, 2.75) is 19.9 Å². The molecule has 1 aromatic carbocycles. The largest absolute Gasteiger partial charge is 0.481 e. The minimum atomic E-state index is -0.828. The van der Waals surface area contributed by atoms with E-state index in [4.69, 9.17) is 16.7 Å². The molecule has 0 bridgehead atoms. The fourth-order valence-corrected chi connectivity index (χ4v) is 1.80. The molecule has 1 N–H and O–H groups in total. The first-order valence-corrected chi connectivity index (χ1v) is 5.95. The smallest absolute Gasteiger partial charge is 0.305 e. The summed E-state index contributed by atoms with van der Waals surface area (Å²) in [4.78, 5) is 10.5. The summed E-state index contributed by atoms with van der Waals surface area (Å²) in [7, 11) is 0. The number of carboxylic acids is 1. The molecular formula is C13H13ClN2O2. The minimum Gasteiger partial charge on any atom is -0.481 e. The molecule has 0 aliphatic rings. The van der Waals surface area contributed by atoms with Crippen LogP contribution in [-0.4, -0.2) is 20.9 Å². The molecule has 0 unspecified atom stereocenters. The number of carboxylic acid groups (broad SMARTS) is 1. The molecule has 18 heavy (non-hydrogen) atoms. The normalized spacial score (nSPS) is 10.6. The Morgan fingerprint density at radius 2 is 2.22 bits per heavy atom. The summed E-state index contributed by atoms with van der Waals surface area (Å²) in [6.07, 6.45) is 3.60. The molecular weight excluding hydrogens is 252 g/mol. The number of hydrogen-bond acceptors (Lipinski definition) is 2. The quantitative estimate of drug-likeness (QED) is 0.924. The van der Waals surface area contributed by atoms with Crippen LogP contribution in [0.2, 0.25) is 5.02 Å². The fraction of sp³-hybridized carbons (Fsp3) is 0.231. The third-order valence-corrected chi connectivity index (χ3v) is 3.10. The Morgan fingerprint density at radius 3 is 2.89 bits per heavy atom. The van der Waals surface area contributed by atoms with Gasteiger partial charge in [-0.05, 0) is 24.1 Å². The number of carbonyl (C=O) groups is 1. The van der Waals surface area contributed by atoms with E-state index in [1.54, 1.807) is 10.9 Å². The van der Waals surface area contributed by atoms with Crippen LogP contribution in [0.25, 0.3) is 11.1 Å². The summed E-state index contributed by atoms with van der Waals surface area (Å²) < 4.78 is 1.62. The zero-order chi connectivity index (χ0) is 13.1. The second-order valence-corrected chi connectivity index (χ2v) is 4.51. The third kappa shape index (κ3) is 2.90. The molecule has 2 aromatic rings. The first kappa shape index (κ1) is 12.6. The van der Waals surface area contributed by atoms with E-state index in [1.807, 2.05) is 31.3 Å². The molecule has 0 aliphatic heterocycles. The molecule has 0 atom stereocenters. The molecule has 4 nitrogen and oxygen atoms in total. The summed E-state index contributed by atoms with van der Waals surface area (Å²) in [5.74, 6) is -0.828. The lowest BCUT2D eigenvalue weighted by molar-refractivity contribution is -0.137. The number of hydrogen-bond donors (Lipinski definition) is 1. The standard InChI is InChI=1S/C13H13ClN2O2/c1-9-2-3-10(6-12(9)14)11-7-15-16(8-11)5-4-13(17)18/h2-3,6-8H,4-5H2,1H3,(H,17,18). The van der Waals surface area contributed by atoms with E-state index in [9.17, 15) is 4.79 Å². The van der Waals surface area contributed by atoms with Gasteiger partial charge in [-0.15, -0.1) is 0 Å². The van der Waals surface area contributed by atoms with Crippen molar-refractivity contribution in [1.29, 1.82) is 0 Å². The number of aliphatic carboxylic acids is 1. The van der Waals surface area contributed by atoms with E-state index < -0.39 is 5.97 Å². The van der Waals surface area contributed by atoms with Crippen molar-refractivity contribution in [2.24, 2.45) is 0 Å². The molecule has 2 rings (SSSR count). The Hall–Kier alpha value is -1.81. The lowest BCUT2D eigenvalue weighted by atomic mass is 10.1. The maximum Gasteiger partial charge on any atom is 0.305 e. The second-order valence-electron chi connectivity index (χ2n) is 4.10. The van der Waals surface area contributed by atoms with E-state index in [0.29, 0.717) is 11.6 Å². The lowest BCUT2D eigenvalue weighted by Crippen LogP contribution is -2.04. The first-order chi connectivity index (χ1) is 8.56. The summed E-state index contributed by atoms with van der Waals surface area (Å²) >= 11 is 6.07. The molecule has 1 heterocycles. The zero-order valence-corrected chi connectivity index (χ0v) is 10.7. The van der Waals surface area contributed by atoms with Crippen molar-refractivity contribution < 1.29 is 9.90 Å². The average Bonchev–Trinajstić information content (AvgIpc) is 2.79. The Bertz CT molecular complexity index is 578. The van der Waals surface area contributed by atoms with Crippen LogP contribution in [0.4, 0.5) is 0 Å². The Kier molecular flexibility index (Phi) is 3.67. The minimum absolute atomic E-state index is 0.0653. The number of nitrogens with zero attached hydrogens (tertiary/aromatic N) is 2. The Balaban J connectivity index is 2.18. The van der Waals surface area contributed by atoms with E-state index in [1.165, 1.54) is 0 Å². The van der Waals surface area contributed by atoms with Crippen molar-refractivity contribution in [3.8, 4) is 11.1 Å². The topological polar surface area (TPSA) is 55.1 Å². The molecule has 0 amide bonds. The predicted octanol–water partition coefficient (Wildman–Crippen LogP) is 2.99. The van der Waals surface area contributed by atoms with E-state index in [-0.39, 0.29) is 6.42 Å². The van der Waals surface area contributed by atoms with Crippen LogP contribution in [0.3, 0.4) is 0 Å². The van der Waals surface area contributed by atoms with E-state index >= 15 is 0 Å². The molecule has 0 saturated heterocycles. The van der Waals surface area contributed by atoms with Crippen molar-refractivity contribution in [3.63, 3.8) is 0 Å². The molecule has 5 heteroatoms. The molecule has 0 aliphatic carbocycles. The highest BCUT2D eigenvalue weighted by Crippen LogP contribution is 2.24. The second kappa shape index (κ2) is 5.23. The van der Waals surface area contributed by atoms with Gasteiger partial charge in [0.15, 0.2) is 0 Å². The molecule has 1 aromatic heterocycles. The van der Waals surface area contributed by atoms with Gasteiger partial charge in [0.1, 0.15) is 0 Å². The lowest BCUT2D eigenvalue weighted by Gasteiger charge is -2.01. The number of aryl methyl sites for hydroxylation is 2. The zero-order valence-electron chi connectivity index (χ0n) is 9.93. The number of rotatable bonds is 4. The van der Waals surface area contributed by atoms with Crippen LogP contribution < -0.4 is 0 Å². The Morgan fingerprint density at radius 1 is 1.44 bits per heavy atom. The fourth-order valence-electron chi connectivity index (χ4n) is 1.62. The maximum atomic E-state index is 10.5. The van der Waals surface area contributed by atoms with Crippen molar-refractivity contribution in [3.05, 3.63) is 41.2 Å². The molecule has 0 spiro atoms. The molecule has 0 fully saturated rings. The Labute approximate surface area is 110 Å². The van der Waals surface area contributed by atoms with Gasteiger partial charge in [0.25, 0.3) is 0 Å². The van der Waals surface area contributed by atoms with Crippen LogP contribution in [0, 0.1) is 6.92 Å². The van der Waals surface area contributed by atoms with Crippen molar-refractivity contribution >= 4 is 17.6 Å². The van der Waals surface area contributed by atoms with Gasteiger partial charge in [0, 0.05) is 16.8 Å². The van der Waals surface area contributed by atoms with E-state index in [0.717, 1.165) is 16.7 Å². The summed E-state index contributed by atoms with van der Waals surface area (Å²) in [5.41, 5.74) is 2.94. The third-order valence-electron chi connectivity index (χ3n) is 2.69. The van der Waals surface area contributed by atoms with Crippen LogP contribution in [0.15, 0.2) is 30.6 Å². The van der Waals surface area contributed by atoms with Gasteiger partial charge in [0.05, 0.1) is 19.2 Å².